The highest BCUT2D eigenvalue weighted by Crippen LogP contribution is 2.41. The van der Waals surface area contributed by atoms with E-state index in [1.807, 2.05) is 0 Å². The first-order valence-corrected chi connectivity index (χ1v) is 9.66. The van der Waals surface area contributed by atoms with E-state index in [-0.39, 0.29) is 10.9 Å². The van der Waals surface area contributed by atoms with Gasteiger partial charge in [-0.1, -0.05) is 30.3 Å². The topological polar surface area (TPSA) is 28.2 Å². The van der Waals surface area contributed by atoms with Crippen molar-refractivity contribution >= 4 is 33.2 Å². The second kappa shape index (κ2) is 6.11. The van der Waals surface area contributed by atoms with Crippen LogP contribution in [0.25, 0.3) is 10.9 Å². The van der Waals surface area contributed by atoms with Gasteiger partial charge in [0.1, 0.15) is 11.4 Å². The number of pyridine rings is 1. The van der Waals surface area contributed by atoms with Crippen molar-refractivity contribution in [2.75, 3.05) is 25.2 Å². The van der Waals surface area contributed by atoms with E-state index < -0.39 is 0 Å². The fourth-order valence-corrected chi connectivity index (χ4v) is 5.51. The van der Waals surface area contributed by atoms with Gasteiger partial charge in [0.15, 0.2) is 4.90 Å². The third-order valence-corrected chi connectivity index (χ3v) is 7.11. The molecule has 2 heterocycles. The molecule has 0 aliphatic carbocycles. The summed E-state index contributed by atoms with van der Waals surface area (Å²) in [5, 5.41) is 5.98. The average Bonchev–Trinajstić information content (AvgIpc) is 2.59. The number of fused-ring (bicyclic) bond motifs is 3. The van der Waals surface area contributed by atoms with Crippen LogP contribution in [-0.2, 0) is 10.9 Å². The quantitative estimate of drug-likeness (QED) is 0.724. The highest BCUT2D eigenvalue weighted by molar-refractivity contribution is 7.97. The molecule has 1 aliphatic heterocycles. The fourth-order valence-electron chi connectivity index (χ4n) is 2.97. The maximum absolute atomic E-state index is 5.04. The van der Waals surface area contributed by atoms with Crippen molar-refractivity contribution in [3.63, 3.8) is 0 Å². The van der Waals surface area contributed by atoms with Crippen molar-refractivity contribution in [1.29, 1.82) is 0 Å². The van der Waals surface area contributed by atoms with Gasteiger partial charge >= 0.3 is 0 Å². The molecule has 2 unspecified atom stereocenters. The summed E-state index contributed by atoms with van der Waals surface area (Å²) in [6, 6.07) is 19.8. The first-order chi connectivity index (χ1) is 11.6. The zero-order chi connectivity index (χ0) is 16.7. The van der Waals surface area contributed by atoms with E-state index in [2.05, 4.69) is 85.8 Å². The Bertz CT molecular complexity index is 891. The largest absolute Gasteiger partial charge is 0.346 e. The van der Waals surface area contributed by atoms with Gasteiger partial charge in [-0.3, -0.25) is 0 Å². The molecule has 0 saturated heterocycles. The minimum Gasteiger partial charge on any atom is -0.346 e. The van der Waals surface area contributed by atoms with Crippen molar-refractivity contribution in [2.24, 2.45) is 0 Å². The van der Waals surface area contributed by atoms with Crippen LogP contribution in [-0.4, -0.2) is 35.8 Å². The molecule has 1 N–H and O–H groups in total. The summed E-state index contributed by atoms with van der Waals surface area (Å²) in [6.45, 7) is 2.29. The van der Waals surface area contributed by atoms with Gasteiger partial charge < -0.3 is 10.2 Å². The van der Waals surface area contributed by atoms with Crippen molar-refractivity contribution in [3.8, 4) is 0 Å². The monoisotopic (exact) mass is 336 g/mol. The molecule has 4 heteroatoms. The van der Waals surface area contributed by atoms with Crippen molar-refractivity contribution < 1.29 is 0 Å². The molecule has 2 atom stereocenters. The van der Waals surface area contributed by atoms with Gasteiger partial charge in [-0.15, -0.1) is 0 Å². The number of anilines is 2. The Kier molecular flexibility index (Phi) is 3.94. The standard InChI is InChI=1S/C20H22N3S/c1-14(23(2)3)13-24-19-11-7-6-10-17(19)21-18-12-15-8-4-5-9-16(15)22-20(18)24/h4-12,14,21H,13H2,1-3H3/q+1. The van der Waals surface area contributed by atoms with Crippen LogP contribution in [0.5, 0.6) is 0 Å². The number of benzene rings is 2. The second-order valence-electron chi connectivity index (χ2n) is 6.52. The fraction of sp³-hybridized carbons (Fsp3) is 0.250. The number of nitrogens with zero attached hydrogens (tertiary/aromatic N) is 2. The zero-order valence-corrected chi connectivity index (χ0v) is 15.1. The lowest BCUT2D eigenvalue weighted by Gasteiger charge is -2.24. The van der Waals surface area contributed by atoms with E-state index >= 15 is 0 Å². The number of aromatic nitrogens is 1. The molecule has 2 aromatic carbocycles. The molecule has 0 amide bonds. The van der Waals surface area contributed by atoms with Crippen molar-refractivity contribution in [2.45, 2.75) is 22.9 Å². The van der Waals surface area contributed by atoms with Crippen molar-refractivity contribution in [1.82, 2.24) is 9.88 Å². The lowest BCUT2D eigenvalue weighted by Crippen LogP contribution is -2.33. The molecule has 24 heavy (non-hydrogen) atoms. The summed E-state index contributed by atoms with van der Waals surface area (Å²) in [6.07, 6.45) is 0. The van der Waals surface area contributed by atoms with Crippen molar-refractivity contribution in [3.05, 3.63) is 54.6 Å². The molecule has 0 fully saturated rings. The van der Waals surface area contributed by atoms with Crippen LogP contribution in [0.1, 0.15) is 6.92 Å². The molecule has 0 spiro atoms. The Morgan fingerprint density at radius 1 is 1.04 bits per heavy atom. The van der Waals surface area contributed by atoms with Gasteiger partial charge in [0.05, 0.1) is 28.1 Å². The highest BCUT2D eigenvalue weighted by atomic mass is 32.2. The van der Waals surface area contributed by atoms with E-state index in [0.717, 1.165) is 17.0 Å². The molecule has 122 valence electrons. The first-order valence-electron chi connectivity index (χ1n) is 8.26. The summed E-state index contributed by atoms with van der Waals surface area (Å²) in [4.78, 5) is 8.71. The summed E-state index contributed by atoms with van der Waals surface area (Å²) >= 11 is 0. The number of nitrogens with one attached hydrogen (secondary N) is 1. The van der Waals surface area contributed by atoms with E-state index in [0.29, 0.717) is 6.04 Å². The zero-order valence-electron chi connectivity index (χ0n) is 14.3. The van der Waals surface area contributed by atoms with Crippen LogP contribution < -0.4 is 5.32 Å². The Hall–Kier alpha value is -2.04. The maximum atomic E-state index is 5.04. The van der Waals surface area contributed by atoms with E-state index in [1.165, 1.54) is 21.0 Å². The minimum absolute atomic E-state index is 0.0165. The molecule has 0 saturated carbocycles. The van der Waals surface area contributed by atoms with E-state index in [1.54, 1.807) is 0 Å². The third kappa shape index (κ3) is 2.66. The van der Waals surface area contributed by atoms with Gasteiger partial charge in [0.2, 0.25) is 0 Å². The van der Waals surface area contributed by atoms with Gasteiger partial charge in [-0.2, -0.15) is 4.98 Å². The minimum atomic E-state index is -0.0165. The van der Waals surface area contributed by atoms with Crippen LogP contribution in [0, 0.1) is 0 Å². The predicted molar refractivity (Wildman–Crippen MR) is 103 cm³/mol. The summed E-state index contributed by atoms with van der Waals surface area (Å²) in [7, 11) is 4.28. The average molecular weight is 336 g/mol. The van der Waals surface area contributed by atoms with E-state index in [9.17, 15) is 0 Å². The Morgan fingerprint density at radius 3 is 2.62 bits per heavy atom. The summed E-state index contributed by atoms with van der Waals surface area (Å²) in [5.74, 6) is 1.09. The van der Waals surface area contributed by atoms with Gasteiger partial charge in [0.25, 0.3) is 5.03 Å². The third-order valence-electron chi connectivity index (χ3n) is 4.63. The smallest absolute Gasteiger partial charge is 0.276 e. The summed E-state index contributed by atoms with van der Waals surface area (Å²) < 4.78 is 0. The maximum Gasteiger partial charge on any atom is 0.276 e. The molecule has 3 aromatic rings. The highest BCUT2D eigenvalue weighted by Gasteiger charge is 2.38. The number of rotatable bonds is 3. The van der Waals surface area contributed by atoms with Crippen LogP contribution in [0.3, 0.4) is 0 Å². The van der Waals surface area contributed by atoms with Crippen LogP contribution in [0.15, 0.2) is 64.5 Å². The first kappa shape index (κ1) is 15.5. The number of hydrogen-bond donors (Lipinski definition) is 1. The Labute approximate surface area is 146 Å². The van der Waals surface area contributed by atoms with Crippen LogP contribution >= 0.6 is 0 Å². The Balaban J connectivity index is 1.87. The van der Waals surface area contributed by atoms with Gasteiger partial charge in [-0.05, 0) is 45.3 Å². The number of hydrogen-bond acceptors (Lipinski definition) is 3. The Morgan fingerprint density at radius 2 is 1.79 bits per heavy atom. The predicted octanol–water partition coefficient (Wildman–Crippen LogP) is 4.28. The molecular weight excluding hydrogens is 314 g/mol. The molecular formula is C20H22N3S+. The van der Waals surface area contributed by atoms with Gasteiger partial charge in [-0.25, -0.2) is 0 Å². The van der Waals surface area contributed by atoms with E-state index in [4.69, 9.17) is 4.98 Å². The molecule has 0 bridgehead atoms. The lowest BCUT2D eigenvalue weighted by atomic mass is 10.2. The molecule has 4 rings (SSSR count). The van der Waals surface area contributed by atoms with Crippen LogP contribution in [0.4, 0.5) is 11.4 Å². The second-order valence-corrected chi connectivity index (χ2v) is 8.47. The molecule has 0 radical (unpaired) electrons. The molecule has 1 aliphatic rings. The SMILES string of the molecule is CC(C[S+]1c2ccccc2Nc2cc3ccccc3nc21)N(C)C. The van der Waals surface area contributed by atoms with Gasteiger partial charge in [0, 0.05) is 5.39 Å². The van der Waals surface area contributed by atoms with Crippen LogP contribution in [0.2, 0.25) is 0 Å². The normalized spacial score (nSPS) is 17.2. The molecule has 3 nitrogen and oxygen atoms in total. The number of para-hydroxylation sites is 2. The lowest BCUT2D eigenvalue weighted by molar-refractivity contribution is 0.339. The molecule has 1 aromatic heterocycles. The summed E-state index contributed by atoms with van der Waals surface area (Å²) in [5.41, 5.74) is 3.45.